The second kappa shape index (κ2) is 4.83. The summed E-state index contributed by atoms with van der Waals surface area (Å²) in [6.07, 6.45) is 5.14. The molecule has 0 radical (unpaired) electrons. The van der Waals surface area contributed by atoms with Crippen LogP contribution >= 0.6 is 0 Å². The SMILES string of the molecule is CN(C)CCC1CCC(CO)C1. The second-order valence-corrected chi connectivity index (χ2v) is 4.32. The first-order valence-corrected chi connectivity index (χ1v) is 4.98. The van der Waals surface area contributed by atoms with Crippen LogP contribution in [0.2, 0.25) is 0 Å². The number of rotatable bonds is 4. The highest BCUT2D eigenvalue weighted by Gasteiger charge is 2.23. The first-order valence-electron chi connectivity index (χ1n) is 4.98. The van der Waals surface area contributed by atoms with Crippen LogP contribution in [0.15, 0.2) is 0 Å². The van der Waals surface area contributed by atoms with Crippen molar-refractivity contribution in [2.24, 2.45) is 11.8 Å². The van der Waals surface area contributed by atoms with Crippen molar-refractivity contribution in [2.75, 3.05) is 27.2 Å². The zero-order valence-corrected chi connectivity index (χ0v) is 8.29. The lowest BCUT2D eigenvalue weighted by Crippen LogP contribution is -2.15. The van der Waals surface area contributed by atoms with Crippen molar-refractivity contribution in [2.45, 2.75) is 25.7 Å². The Bertz CT molecular complexity index is 125. The first kappa shape index (κ1) is 10.0. The van der Waals surface area contributed by atoms with Gasteiger partial charge in [0.05, 0.1) is 0 Å². The van der Waals surface area contributed by atoms with Crippen molar-refractivity contribution in [1.29, 1.82) is 0 Å². The van der Waals surface area contributed by atoms with Crippen LogP contribution in [-0.2, 0) is 0 Å². The Morgan fingerprint density at radius 1 is 1.25 bits per heavy atom. The van der Waals surface area contributed by atoms with Gasteiger partial charge in [0.15, 0.2) is 0 Å². The van der Waals surface area contributed by atoms with Gasteiger partial charge in [-0.25, -0.2) is 0 Å². The third-order valence-electron chi connectivity index (χ3n) is 2.89. The molecule has 0 aromatic heterocycles. The van der Waals surface area contributed by atoms with Gasteiger partial charge in [-0.15, -0.1) is 0 Å². The summed E-state index contributed by atoms with van der Waals surface area (Å²) in [4.78, 5) is 2.24. The summed E-state index contributed by atoms with van der Waals surface area (Å²) < 4.78 is 0. The molecule has 1 rings (SSSR count). The minimum atomic E-state index is 0.401. The van der Waals surface area contributed by atoms with Gasteiger partial charge in [-0.1, -0.05) is 6.42 Å². The van der Waals surface area contributed by atoms with Crippen LogP contribution in [0.25, 0.3) is 0 Å². The Kier molecular flexibility index (Phi) is 4.02. The standard InChI is InChI=1S/C10H21NO/c1-11(2)6-5-9-3-4-10(7-9)8-12/h9-10,12H,3-8H2,1-2H3. The molecule has 0 spiro atoms. The average molecular weight is 171 g/mol. The minimum Gasteiger partial charge on any atom is -0.396 e. The van der Waals surface area contributed by atoms with Crippen LogP contribution in [0.5, 0.6) is 0 Å². The fourth-order valence-electron chi connectivity index (χ4n) is 2.05. The van der Waals surface area contributed by atoms with E-state index >= 15 is 0 Å². The number of aliphatic hydroxyl groups is 1. The quantitative estimate of drug-likeness (QED) is 0.690. The van der Waals surface area contributed by atoms with E-state index in [1.807, 2.05) is 0 Å². The summed E-state index contributed by atoms with van der Waals surface area (Å²) >= 11 is 0. The Hall–Kier alpha value is -0.0800. The molecule has 1 aliphatic rings. The molecule has 12 heavy (non-hydrogen) atoms. The molecule has 0 aromatic rings. The lowest BCUT2D eigenvalue weighted by Gasteiger charge is -2.13. The van der Waals surface area contributed by atoms with Crippen molar-refractivity contribution in [3.05, 3.63) is 0 Å². The number of hydrogen-bond donors (Lipinski definition) is 1. The summed E-state index contributed by atoms with van der Waals surface area (Å²) in [6, 6.07) is 0. The molecule has 0 amide bonds. The van der Waals surface area contributed by atoms with E-state index in [1.54, 1.807) is 0 Å². The highest BCUT2D eigenvalue weighted by molar-refractivity contribution is 4.75. The zero-order chi connectivity index (χ0) is 8.97. The molecule has 2 heteroatoms. The molecule has 0 aliphatic heterocycles. The number of aliphatic hydroxyl groups excluding tert-OH is 1. The molecular formula is C10H21NO. The maximum absolute atomic E-state index is 8.95. The van der Waals surface area contributed by atoms with E-state index in [0.717, 1.165) is 5.92 Å². The summed E-state index contributed by atoms with van der Waals surface area (Å²) in [5.41, 5.74) is 0. The predicted octanol–water partition coefficient (Wildman–Crippen LogP) is 1.35. The fourth-order valence-corrected chi connectivity index (χ4v) is 2.05. The third-order valence-corrected chi connectivity index (χ3v) is 2.89. The highest BCUT2D eigenvalue weighted by Crippen LogP contribution is 2.32. The van der Waals surface area contributed by atoms with Crippen molar-refractivity contribution < 1.29 is 5.11 Å². The van der Waals surface area contributed by atoms with E-state index in [9.17, 15) is 0 Å². The molecule has 2 atom stereocenters. The van der Waals surface area contributed by atoms with Gasteiger partial charge >= 0.3 is 0 Å². The van der Waals surface area contributed by atoms with Crippen LogP contribution in [0.1, 0.15) is 25.7 Å². The van der Waals surface area contributed by atoms with Crippen molar-refractivity contribution >= 4 is 0 Å². The topological polar surface area (TPSA) is 23.5 Å². The monoisotopic (exact) mass is 171 g/mol. The van der Waals surface area contributed by atoms with Gasteiger partial charge < -0.3 is 10.0 Å². The van der Waals surface area contributed by atoms with Crippen LogP contribution in [0.3, 0.4) is 0 Å². The normalized spacial score (nSPS) is 30.0. The Labute approximate surface area is 75.6 Å². The molecule has 0 heterocycles. The van der Waals surface area contributed by atoms with E-state index in [1.165, 1.54) is 32.2 Å². The van der Waals surface area contributed by atoms with Crippen molar-refractivity contribution in [1.82, 2.24) is 4.90 Å². The van der Waals surface area contributed by atoms with E-state index in [4.69, 9.17) is 5.11 Å². The Morgan fingerprint density at radius 3 is 2.42 bits per heavy atom. The molecule has 1 N–H and O–H groups in total. The smallest absolute Gasteiger partial charge is 0.0459 e. The summed E-state index contributed by atoms with van der Waals surface area (Å²) in [6.45, 7) is 1.60. The lowest BCUT2D eigenvalue weighted by molar-refractivity contribution is 0.224. The second-order valence-electron chi connectivity index (χ2n) is 4.32. The average Bonchev–Trinajstić information content (AvgIpc) is 2.48. The summed E-state index contributed by atoms with van der Waals surface area (Å²) in [7, 11) is 4.25. The largest absolute Gasteiger partial charge is 0.396 e. The Balaban J connectivity index is 2.11. The van der Waals surface area contributed by atoms with Crippen LogP contribution < -0.4 is 0 Å². The van der Waals surface area contributed by atoms with E-state index in [2.05, 4.69) is 19.0 Å². The van der Waals surface area contributed by atoms with Gasteiger partial charge in [-0.2, -0.15) is 0 Å². The van der Waals surface area contributed by atoms with Crippen LogP contribution in [0.4, 0.5) is 0 Å². The molecule has 0 saturated heterocycles. The van der Waals surface area contributed by atoms with Gasteiger partial charge in [0, 0.05) is 6.61 Å². The van der Waals surface area contributed by atoms with Crippen molar-refractivity contribution in [3.8, 4) is 0 Å². The first-order chi connectivity index (χ1) is 5.72. The minimum absolute atomic E-state index is 0.401. The fraction of sp³-hybridized carbons (Fsp3) is 1.00. The van der Waals surface area contributed by atoms with Crippen LogP contribution in [0, 0.1) is 11.8 Å². The van der Waals surface area contributed by atoms with Gasteiger partial charge in [0.1, 0.15) is 0 Å². The molecule has 72 valence electrons. The molecule has 2 nitrogen and oxygen atoms in total. The highest BCUT2D eigenvalue weighted by atomic mass is 16.3. The number of nitrogens with zero attached hydrogens (tertiary/aromatic N) is 1. The van der Waals surface area contributed by atoms with Crippen molar-refractivity contribution in [3.63, 3.8) is 0 Å². The zero-order valence-electron chi connectivity index (χ0n) is 8.29. The van der Waals surface area contributed by atoms with Gasteiger partial charge in [0.2, 0.25) is 0 Å². The van der Waals surface area contributed by atoms with Crippen LogP contribution in [-0.4, -0.2) is 37.3 Å². The molecule has 0 aromatic carbocycles. The maximum Gasteiger partial charge on any atom is 0.0459 e. The molecular weight excluding hydrogens is 150 g/mol. The predicted molar refractivity (Wildman–Crippen MR) is 51.1 cm³/mol. The van der Waals surface area contributed by atoms with Gasteiger partial charge in [-0.05, 0) is 51.7 Å². The molecule has 1 saturated carbocycles. The summed E-state index contributed by atoms with van der Waals surface area (Å²) in [5, 5.41) is 8.95. The molecule has 0 bridgehead atoms. The number of hydrogen-bond acceptors (Lipinski definition) is 2. The van der Waals surface area contributed by atoms with Gasteiger partial charge in [0.25, 0.3) is 0 Å². The van der Waals surface area contributed by atoms with Gasteiger partial charge in [-0.3, -0.25) is 0 Å². The third kappa shape index (κ3) is 3.11. The lowest BCUT2D eigenvalue weighted by atomic mass is 10.0. The molecule has 1 aliphatic carbocycles. The van der Waals surface area contributed by atoms with E-state index in [0.29, 0.717) is 12.5 Å². The Morgan fingerprint density at radius 2 is 1.92 bits per heavy atom. The molecule has 1 fully saturated rings. The molecule has 2 unspecified atom stereocenters. The van der Waals surface area contributed by atoms with E-state index in [-0.39, 0.29) is 0 Å². The summed E-state index contributed by atoms with van der Waals surface area (Å²) in [5.74, 6) is 1.49. The maximum atomic E-state index is 8.95. The van der Waals surface area contributed by atoms with E-state index < -0.39 is 0 Å².